The molecule has 5 heteroatoms. The third-order valence-corrected chi connectivity index (χ3v) is 2.04. The maximum atomic E-state index is 10.3. The third kappa shape index (κ3) is 8.21. The molecule has 0 aliphatic heterocycles. The molecule has 0 heterocycles. The largest absolute Gasteiger partial charge is 0.479 e. The number of aliphatic carboxylic acids is 1. The van der Waals surface area contributed by atoms with Gasteiger partial charge in [-0.1, -0.05) is 15.9 Å². The molecule has 1 atom stereocenters. The van der Waals surface area contributed by atoms with Crippen LogP contribution >= 0.6 is 15.9 Å². The second-order valence-electron chi connectivity index (χ2n) is 2.64. The van der Waals surface area contributed by atoms with Crippen LogP contribution in [-0.2, 0) is 9.53 Å². The minimum Gasteiger partial charge on any atom is -0.479 e. The lowest BCUT2D eigenvalue weighted by Crippen LogP contribution is -2.26. The van der Waals surface area contributed by atoms with E-state index in [1.165, 1.54) is 6.92 Å². The number of rotatable bonds is 8. The molecular formula is C8H16BrNO3. The fraction of sp³-hybridized carbons (Fsp3) is 0.875. The smallest absolute Gasteiger partial charge is 0.332 e. The maximum Gasteiger partial charge on any atom is 0.332 e. The van der Waals surface area contributed by atoms with Gasteiger partial charge in [0.15, 0.2) is 6.10 Å². The molecule has 1 unspecified atom stereocenters. The summed E-state index contributed by atoms with van der Waals surface area (Å²) < 4.78 is 5.01. The number of carbonyl (C=O) groups is 1. The number of carboxylic acid groups (broad SMARTS) is 1. The van der Waals surface area contributed by atoms with Gasteiger partial charge in [-0.2, -0.15) is 0 Å². The van der Waals surface area contributed by atoms with Crippen LogP contribution in [0.5, 0.6) is 0 Å². The second kappa shape index (κ2) is 8.47. The lowest BCUT2D eigenvalue weighted by molar-refractivity contribution is -0.148. The maximum absolute atomic E-state index is 10.3. The molecule has 2 N–H and O–H groups in total. The molecule has 0 rings (SSSR count). The number of alkyl halides is 1. The van der Waals surface area contributed by atoms with Gasteiger partial charge in [-0.3, -0.25) is 0 Å². The molecule has 78 valence electrons. The van der Waals surface area contributed by atoms with Crippen molar-refractivity contribution in [2.24, 2.45) is 0 Å². The Hall–Kier alpha value is -0.130. The van der Waals surface area contributed by atoms with Crippen molar-refractivity contribution < 1.29 is 14.6 Å². The number of carboxylic acids is 1. The molecule has 0 spiro atoms. The highest BCUT2D eigenvalue weighted by Crippen LogP contribution is 1.89. The molecule has 0 fully saturated rings. The fourth-order valence-electron chi connectivity index (χ4n) is 0.696. The standard InChI is InChI=1S/C8H16BrNO3/c1-7(8(11)12)13-6-5-10-4-2-3-9/h7,10H,2-6H2,1H3,(H,11,12). The first kappa shape index (κ1) is 12.9. The molecule has 0 aliphatic carbocycles. The predicted molar refractivity (Wildman–Crippen MR) is 54.3 cm³/mol. The van der Waals surface area contributed by atoms with Crippen LogP contribution in [0.15, 0.2) is 0 Å². The molecule has 0 saturated carbocycles. The van der Waals surface area contributed by atoms with E-state index >= 15 is 0 Å². The van der Waals surface area contributed by atoms with Crippen LogP contribution in [0.4, 0.5) is 0 Å². The minimum atomic E-state index is -0.916. The molecule has 0 amide bonds. The van der Waals surface area contributed by atoms with E-state index in [0.717, 1.165) is 18.3 Å². The summed E-state index contributed by atoms with van der Waals surface area (Å²) in [5, 5.41) is 12.6. The number of hydrogen-bond acceptors (Lipinski definition) is 3. The quantitative estimate of drug-likeness (QED) is 0.498. The van der Waals surface area contributed by atoms with Gasteiger partial charge in [0.2, 0.25) is 0 Å². The second-order valence-corrected chi connectivity index (χ2v) is 3.44. The van der Waals surface area contributed by atoms with Gasteiger partial charge in [-0.05, 0) is 19.9 Å². The zero-order valence-electron chi connectivity index (χ0n) is 7.75. The van der Waals surface area contributed by atoms with Gasteiger partial charge in [-0.15, -0.1) is 0 Å². The number of ether oxygens (including phenoxy) is 1. The first-order valence-electron chi connectivity index (χ1n) is 4.29. The van der Waals surface area contributed by atoms with E-state index in [4.69, 9.17) is 9.84 Å². The first-order chi connectivity index (χ1) is 6.18. The Labute approximate surface area is 86.8 Å². The van der Waals surface area contributed by atoms with Crippen molar-refractivity contribution in [3.63, 3.8) is 0 Å². The first-order valence-corrected chi connectivity index (χ1v) is 5.41. The molecule has 0 aromatic carbocycles. The van der Waals surface area contributed by atoms with Gasteiger partial charge >= 0.3 is 5.97 Å². The van der Waals surface area contributed by atoms with E-state index in [2.05, 4.69) is 21.2 Å². The Balaban J connectivity index is 3.11. The zero-order chi connectivity index (χ0) is 10.1. The summed E-state index contributed by atoms with van der Waals surface area (Å²) in [5.41, 5.74) is 0. The van der Waals surface area contributed by atoms with Crippen molar-refractivity contribution in [3.05, 3.63) is 0 Å². The molecule has 0 aromatic heterocycles. The molecule has 0 saturated heterocycles. The van der Waals surface area contributed by atoms with Crippen molar-refractivity contribution in [3.8, 4) is 0 Å². The Morgan fingerprint density at radius 2 is 2.31 bits per heavy atom. The molecule has 0 bridgehead atoms. The summed E-state index contributed by atoms with van der Waals surface area (Å²) in [6.45, 7) is 3.59. The Morgan fingerprint density at radius 3 is 2.85 bits per heavy atom. The van der Waals surface area contributed by atoms with Crippen LogP contribution in [0.3, 0.4) is 0 Å². The summed E-state index contributed by atoms with van der Waals surface area (Å²) in [7, 11) is 0. The summed E-state index contributed by atoms with van der Waals surface area (Å²) >= 11 is 3.31. The van der Waals surface area contributed by atoms with Crippen LogP contribution in [0.1, 0.15) is 13.3 Å². The molecule has 13 heavy (non-hydrogen) atoms. The number of nitrogens with one attached hydrogen (secondary N) is 1. The average molecular weight is 254 g/mol. The third-order valence-electron chi connectivity index (χ3n) is 1.48. The lowest BCUT2D eigenvalue weighted by Gasteiger charge is -2.08. The van der Waals surface area contributed by atoms with Crippen molar-refractivity contribution in [2.45, 2.75) is 19.4 Å². The molecular weight excluding hydrogens is 238 g/mol. The molecule has 0 aliphatic rings. The van der Waals surface area contributed by atoms with Gasteiger partial charge < -0.3 is 15.2 Å². The van der Waals surface area contributed by atoms with Gasteiger partial charge in [0.05, 0.1) is 6.61 Å². The topological polar surface area (TPSA) is 58.6 Å². The fourth-order valence-corrected chi connectivity index (χ4v) is 0.976. The molecule has 4 nitrogen and oxygen atoms in total. The normalized spacial score (nSPS) is 12.8. The van der Waals surface area contributed by atoms with Crippen molar-refractivity contribution in [1.29, 1.82) is 0 Å². The summed E-state index contributed by atoms with van der Waals surface area (Å²) in [6, 6.07) is 0. The van der Waals surface area contributed by atoms with E-state index in [1.54, 1.807) is 0 Å². The van der Waals surface area contributed by atoms with E-state index in [-0.39, 0.29) is 0 Å². The minimum absolute atomic E-state index is 0.440. The van der Waals surface area contributed by atoms with Crippen LogP contribution in [-0.4, -0.2) is 42.2 Å². The Bertz CT molecular complexity index is 143. The van der Waals surface area contributed by atoms with E-state index in [0.29, 0.717) is 13.2 Å². The Kier molecular flexibility index (Phi) is 8.38. The molecule has 0 aromatic rings. The monoisotopic (exact) mass is 253 g/mol. The average Bonchev–Trinajstić information content (AvgIpc) is 2.10. The SMILES string of the molecule is CC(OCCNCCCBr)C(=O)O. The highest BCUT2D eigenvalue weighted by atomic mass is 79.9. The van der Waals surface area contributed by atoms with Crippen LogP contribution in [0.2, 0.25) is 0 Å². The summed E-state index contributed by atoms with van der Waals surface area (Å²) in [6.07, 6.45) is 0.354. The van der Waals surface area contributed by atoms with Crippen molar-refractivity contribution in [2.75, 3.05) is 25.0 Å². The van der Waals surface area contributed by atoms with Crippen LogP contribution in [0.25, 0.3) is 0 Å². The lowest BCUT2D eigenvalue weighted by atomic mass is 10.4. The number of hydrogen-bond donors (Lipinski definition) is 2. The van der Waals surface area contributed by atoms with Crippen LogP contribution in [0, 0.1) is 0 Å². The summed E-state index contributed by atoms with van der Waals surface area (Å²) in [5.74, 6) is -0.916. The highest BCUT2D eigenvalue weighted by molar-refractivity contribution is 9.09. The van der Waals surface area contributed by atoms with Gasteiger partial charge in [0.1, 0.15) is 0 Å². The number of halogens is 1. The molecule has 0 radical (unpaired) electrons. The van der Waals surface area contributed by atoms with E-state index in [9.17, 15) is 4.79 Å². The van der Waals surface area contributed by atoms with E-state index < -0.39 is 12.1 Å². The van der Waals surface area contributed by atoms with Crippen molar-refractivity contribution >= 4 is 21.9 Å². The van der Waals surface area contributed by atoms with Crippen molar-refractivity contribution in [1.82, 2.24) is 5.32 Å². The van der Waals surface area contributed by atoms with E-state index in [1.807, 2.05) is 0 Å². The van der Waals surface area contributed by atoms with Gasteiger partial charge in [0, 0.05) is 11.9 Å². The summed E-state index contributed by atoms with van der Waals surface area (Å²) in [4.78, 5) is 10.3. The van der Waals surface area contributed by atoms with Crippen LogP contribution < -0.4 is 5.32 Å². The predicted octanol–water partition coefficient (Wildman–Crippen LogP) is 0.851. The zero-order valence-corrected chi connectivity index (χ0v) is 9.34. The highest BCUT2D eigenvalue weighted by Gasteiger charge is 2.09. The van der Waals surface area contributed by atoms with Gasteiger partial charge in [-0.25, -0.2) is 4.79 Å². The Morgan fingerprint density at radius 1 is 1.62 bits per heavy atom. The van der Waals surface area contributed by atoms with Gasteiger partial charge in [0.25, 0.3) is 0 Å².